The van der Waals surface area contributed by atoms with Gasteiger partial charge < -0.3 is 5.73 Å². The molecule has 0 bridgehead atoms. The van der Waals surface area contributed by atoms with Crippen LogP contribution in [0.25, 0.3) is 0 Å². The molecule has 0 amide bonds. The number of aldehydes is 2. The Labute approximate surface area is 283 Å². The Morgan fingerprint density at radius 3 is 0.771 bits per heavy atom. The summed E-state index contributed by atoms with van der Waals surface area (Å²) in [6.45, 7) is 0. The molecule has 0 aliphatic rings. The van der Waals surface area contributed by atoms with Crippen molar-refractivity contribution in [3.63, 3.8) is 0 Å². The van der Waals surface area contributed by atoms with Crippen LogP contribution >= 0.6 is 0 Å². The Morgan fingerprint density at radius 1 is 0.354 bits per heavy atom. The number of rotatable bonds is 10. The zero-order valence-electron chi connectivity index (χ0n) is 26.7. The summed E-state index contributed by atoms with van der Waals surface area (Å²) < 4.78 is 0. The Bertz CT molecular complexity index is 1580. The molecule has 0 heterocycles. The van der Waals surface area contributed by atoms with Gasteiger partial charge in [-0.2, -0.15) is 0 Å². The number of nitrogens with zero attached hydrogens (tertiary/aromatic N) is 2. The zero-order valence-corrected chi connectivity index (χ0v) is 26.7. The molecule has 0 unspecified atom stereocenters. The molecule has 0 fully saturated rings. The molecular formula is C43H39N3O2. The zero-order chi connectivity index (χ0) is 33.7. The van der Waals surface area contributed by atoms with Gasteiger partial charge in [-0.3, -0.25) is 19.6 Å². The number of benzene rings is 6. The smallest absolute Gasteiger partial charge is 0.182 e. The Hall–Kier alpha value is -6.04. The third-order valence-electron chi connectivity index (χ3n) is 7.37. The molecule has 0 spiro atoms. The third-order valence-corrected chi connectivity index (χ3v) is 7.37. The van der Waals surface area contributed by atoms with Gasteiger partial charge in [0.25, 0.3) is 0 Å². The summed E-state index contributed by atoms with van der Waals surface area (Å²) in [6.07, 6.45) is 4.03. The molecule has 0 aliphatic carbocycles. The fourth-order valence-electron chi connectivity index (χ4n) is 5.03. The van der Waals surface area contributed by atoms with E-state index in [1.165, 1.54) is 0 Å². The van der Waals surface area contributed by atoms with Crippen molar-refractivity contribution in [3.8, 4) is 0 Å². The summed E-state index contributed by atoms with van der Waals surface area (Å²) in [5, 5.41) is 0. The average molecular weight is 630 g/mol. The highest BCUT2D eigenvalue weighted by molar-refractivity contribution is 6.16. The van der Waals surface area contributed by atoms with E-state index >= 15 is 0 Å². The number of nitrogens with two attached hydrogens (primary N) is 1. The van der Waals surface area contributed by atoms with E-state index in [1.54, 1.807) is 0 Å². The van der Waals surface area contributed by atoms with E-state index in [-0.39, 0.29) is 30.7 Å². The van der Waals surface area contributed by atoms with Crippen LogP contribution in [0.3, 0.4) is 0 Å². The lowest BCUT2D eigenvalue weighted by atomic mass is 9.99. The van der Waals surface area contributed by atoms with Crippen LogP contribution in [0.4, 0.5) is 0 Å². The molecule has 48 heavy (non-hydrogen) atoms. The molecule has 6 aromatic carbocycles. The molecule has 0 atom stereocenters. The number of hydrogen-bond donors (Lipinski definition) is 1. The van der Waals surface area contributed by atoms with Gasteiger partial charge in [0.05, 0.1) is 18.1 Å². The van der Waals surface area contributed by atoms with Crippen molar-refractivity contribution < 1.29 is 9.59 Å². The highest BCUT2D eigenvalue weighted by Crippen LogP contribution is 2.27. The van der Waals surface area contributed by atoms with Crippen LogP contribution in [0.15, 0.2) is 192 Å². The fraction of sp³-hybridized carbons (Fsp3) is 0.0698. The molecule has 2 N–H and O–H groups in total. The van der Waals surface area contributed by atoms with Gasteiger partial charge in [-0.25, -0.2) is 0 Å². The molecule has 0 saturated heterocycles. The van der Waals surface area contributed by atoms with Crippen LogP contribution in [0.2, 0.25) is 0 Å². The maximum atomic E-state index is 8.81. The van der Waals surface area contributed by atoms with Crippen LogP contribution in [0.5, 0.6) is 0 Å². The standard InChI is InChI=1S/C28H24N2.C13H13N.C2H2O2/c1-5-13-23(14-6-1)27(24-15-7-2-8-16-24)29-21-22-30-28(25-17-9-3-10-18-25)26-19-11-4-12-20-26;14-13(11-7-3-1-4-8-11)12-9-5-2-6-10-12;3-1-2-4/h1-22,27-28H;1-10,13H,14H2;1-2H. The quantitative estimate of drug-likeness (QED) is 0.0934. The first kappa shape index (κ1) is 34.8. The highest BCUT2D eigenvalue weighted by Gasteiger charge is 2.12. The van der Waals surface area contributed by atoms with Crippen molar-refractivity contribution in [2.75, 3.05) is 0 Å². The third kappa shape index (κ3) is 11.1. The summed E-state index contributed by atoms with van der Waals surface area (Å²) in [4.78, 5) is 27.3. The number of aliphatic imine (C=N–C) groups is 2. The van der Waals surface area contributed by atoms with Gasteiger partial charge in [0.1, 0.15) is 0 Å². The lowest BCUT2D eigenvalue weighted by Gasteiger charge is -2.14. The molecule has 0 aliphatic heterocycles. The van der Waals surface area contributed by atoms with Gasteiger partial charge in [-0.1, -0.05) is 182 Å². The summed E-state index contributed by atoms with van der Waals surface area (Å²) in [7, 11) is 0. The van der Waals surface area contributed by atoms with E-state index in [0.29, 0.717) is 0 Å². The minimum Gasteiger partial charge on any atom is -0.320 e. The summed E-state index contributed by atoms with van der Waals surface area (Å²) in [6, 6.07) is 61.6. The van der Waals surface area contributed by atoms with Gasteiger partial charge >= 0.3 is 0 Å². The van der Waals surface area contributed by atoms with Crippen LogP contribution in [0, 0.1) is 0 Å². The summed E-state index contributed by atoms with van der Waals surface area (Å²) in [5.74, 6) is 0. The van der Waals surface area contributed by atoms with Crippen LogP contribution in [-0.4, -0.2) is 25.0 Å². The average Bonchev–Trinajstić information content (AvgIpc) is 3.18. The maximum Gasteiger partial charge on any atom is 0.182 e. The molecule has 0 aromatic heterocycles. The van der Waals surface area contributed by atoms with Crippen molar-refractivity contribution in [1.29, 1.82) is 0 Å². The van der Waals surface area contributed by atoms with Gasteiger partial charge in [-0.05, 0) is 33.4 Å². The van der Waals surface area contributed by atoms with Gasteiger partial charge in [0, 0.05) is 12.4 Å². The normalized spacial score (nSPS) is 10.8. The van der Waals surface area contributed by atoms with E-state index in [0.717, 1.165) is 33.4 Å². The van der Waals surface area contributed by atoms with Crippen molar-refractivity contribution in [2.24, 2.45) is 15.7 Å². The van der Waals surface area contributed by atoms with E-state index in [4.69, 9.17) is 25.3 Å². The molecule has 0 radical (unpaired) electrons. The minimum absolute atomic E-state index is 0.0163. The van der Waals surface area contributed by atoms with Crippen LogP contribution < -0.4 is 5.73 Å². The maximum absolute atomic E-state index is 8.81. The molecule has 5 heteroatoms. The second-order valence-corrected chi connectivity index (χ2v) is 10.6. The lowest BCUT2D eigenvalue weighted by molar-refractivity contribution is -0.122. The summed E-state index contributed by atoms with van der Waals surface area (Å²) >= 11 is 0. The topological polar surface area (TPSA) is 84.9 Å². The van der Waals surface area contributed by atoms with E-state index in [2.05, 4.69) is 121 Å². The van der Waals surface area contributed by atoms with Gasteiger partial charge in [0.15, 0.2) is 12.6 Å². The van der Waals surface area contributed by atoms with Crippen molar-refractivity contribution in [2.45, 2.75) is 18.1 Å². The first-order valence-corrected chi connectivity index (χ1v) is 15.7. The van der Waals surface area contributed by atoms with E-state index < -0.39 is 0 Å². The SMILES string of the molecule is C(C=NC(c1ccccc1)c1ccccc1)=NC(c1ccccc1)c1ccccc1.NC(c1ccccc1)c1ccccc1.O=CC=O. The number of carbonyl (C=O) groups is 2. The molecule has 6 aromatic rings. The fourth-order valence-corrected chi connectivity index (χ4v) is 5.03. The van der Waals surface area contributed by atoms with E-state index in [1.807, 2.05) is 73.1 Å². The second-order valence-electron chi connectivity index (χ2n) is 10.6. The second kappa shape index (κ2) is 20.2. The number of hydrogen-bond acceptors (Lipinski definition) is 5. The molecular weight excluding hydrogens is 590 g/mol. The monoisotopic (exact) mass is 629 g/mol. The predicted octanol–water partition coefficient (Wildman–Crippen LogP) is 8.83. The molecule has 6 rings (SSSR count). The van der Waals surface area contributed by atoms with Crippen LogP contribution in [-0.2, 0) is 9.59 Å². The Morgan fingerprint density at radius 2 is 0.562 bits per heavy atom. The first-order chi connectivity index (χ1) is 23.7. The predicted molar refractivity (Wildman–Crippen MR) is 197 cm³/mol. The molecule has 238 valence electrons. The van der Waals surface area contributed by atoms with Crippen LogP contribution in [0.1, 0.15) is 51.5 Å². The minimum atomic E-state index is -0.0502. The highest BCUT2D eigenvalue weighted by atomic mass is 16.2. The lowest BCUT2D eigenvalue weighted by Crippen LogP contribution is -2.11. The molecule has 5 nitrogen and oxygen atoms in total. The van der Waals surface area contributed by atoms with Crippen molar-refractivity contribution in [3.05, 3.63) is 215 Å². The number of carbonyl (C=O) groups excluding carboxylic acids is 2. The van der Waals surface area contributed by atoms with Crippen molar-refractivity contribution >= 4 is 25.0 Å². The molecule has 0 saturated carbocycles. The largest absolute Gasteiger partial charge is 0.320 e. The van der Waals surface area contributed by atoms with Crippen molar-refractivity contribution in [1.82, 2.24) is 0 Å². The van der Waals surface area contributed by atoms with Gasteiger partial charge in [-0.15, -0.1) is 0 Å². The first-order valence-electron chi connectivity index (χ1n) is 15.7. The Kier molecular flexibility index (Phi) is 14.6. The van der Waals surface area contributed by atoms with Gasteiger partial charge in [0.2, 0.25) is 0 Å². The van der Waals surface area contributed by atoms with E-state index in [9.17, 15) is 0 Å². The summed E-state index contributed by atoms with van der Waals surface area (Å²) in [5.41, 5.74) is 13.1. The Balaban J connectivity index is 0.000000239.